The lowest BCUT2D eigenvalue weighted by Crippen LogP contribution is -2.52. The van der Waals surface area contributed by atoms with Gasteiger partial charge in [-0.05, 0) is 62.8 Å². The molecule has 1 unspecified atom stereocenters. The molecule has 8 heteroatoms. The molecule has 1 saturated heterocycles. The lowest BCUT2D eigenvalue weighted by atomic mass is 10.0. The Morgan fingerprint density at radius 2 is 1.17 bits per heavy atom. The molecule has 0 aromatic heterocycles. The van der Waals surface area contributed by atoms with Crippen molar-refractivity contribution in [3.05, 3.63) is 70.8 Å². The van der Waals surface area contributed by atoms with E-state index in [0.717, 1.165) is 24.2 Å². The zero-order valence-corrected chi connectivity index (χ0v) is 19.4. The molecule has 0 bridgehead atoms. The predicted molar refractivity (Wildman–Crippen MR) is 127 cm³/mol. The van der Waals surface area contributed by atoms with Crippen LogP contribution in [0.25, 0.3) is 0 Å². The quantitative estimate of drug-likeness (QED) is 0.455. The smallest absolute Gasteiger partial charge is 0.262 e. The van der Waals surface area contributed by atoms with E-state index in [1.807, 2.05) is 0 Å². The summed E-state index contributed by atoms with van der Waals surface area (Å²) in [5.74, 6) is -1.72. The van der Waals surface area contributed by atoms with Gasteiger partial charge < -0.3 is 4.90 Å². The second-order valence-electron chi connectivity index (χ2n) is 9.23. The SMILES string of the molecule is O=C(C(CCCCN1C(=O)c2ccccc2C1=O)N1C(=O)c2ccccc2C1=O)N1CCCCC1. The van der Waals surface area contributed by atoms with Gasteiger partial charge >= 0.3 is 0 Å². The van der Waals surface area contributed by atoms with Crippen molar-refractivity contribution in [3.63, 3.8) is 0 Å². The summed E-state index contributed by atoms with van der Waals surface area (Å²) in [7, 11) is 0. The van der Waals surface area contributed by atoms with Crippen LogP contribution < -0.4 is 0 Å². The van der Waals surface area contributed by atoms with E-state index in [4.69, 9.17) is 0 Å². The van der Waals surface area contributed by atoms with E-state index < -0.39 is 17.9 Å². The van der Waals surface area contributed by atoms with Gasteiger partial charge in [0, 0.05) is 19.6 Å². The first-order chi connectivity index (χ1) is 17.0. The van der Waals surface area contributed by atoms with Gasteiger partial charge in [-0.2, -0.15) is 0 Å². The number of unbranched alkanes of at least 4 members (excludes halogenated alkanes) is 1. The Hall–Kier alpha value is -3.81. The number of imide groups is 2. The average molecular weight is 474 g/mol. The third-order valence-electron chi connectivity index (χ3n) is 7.08. The maximum Gasteiger partial charge on any atom is 0.262 e. The third-order valence-corrected chi connectivity index (χ3v) is 7.08. The van der Waals surface area contributed by atoms with Gasteiger partial charge in [0.1, 0.15) is 6.04 Å². The molecular formula is C27H27N3O5. The largest absolute Gasteiger partial charge is 0.341 e. The maximum absolute atomic E-state index is 13.5. The molecule has 5 amide bonds. The Morgan fingerprint density at radius 3 is 1.69 bits per heavy atom. The van der Waals surface area contributed by atoms with Gasteiger partial charge in [-0.1, -0.05) is 24.3 Å². The highest BCUT2D eigenvalue weighted by Gasteiger charge is 2.43. The van der Waals surface area contributed by atoms with Crippen molar-refractivity contribution in [2.45, 2.75) is 44.6 Å². The van der Waals surface area contributed by atoms with E-state index in [2.05, 4.69) is 0 Å². The highest BCUT2D eigenvalue weighted by molar-refractivity contribution is 6.23. The lowest BCUT2D eigenvalue weighted by molar-refractivity contribution is -0.136. The Labute approximate surface area is 203 Å². The molecule has 2 aromatic rings. The summed E-state index contributed by atoms with van der Waals surface area (Å²) < 4.78 is 0. The van der Waals surface area contributed by atoms with Crippen LogP contribution in [0.2, 0.25) is 0 Å². The van der Waals surface area contributed by atoms with Crippen LogP contribution in [0.15, 0.2) is 48.5 Å². The summed E-state index contributed by atoms with van der Waals surface area (Å²) in [6.07, 6.45) is 4.09. The van der Waals surface area contributed by atoms with Crippen molar-refractivity contribution in [3.8, 4) is 0 Å². The number of piperidine rings is 1. The topological polar surface area (TPSA) is 95.1 Å². The normalized spacial score (nSPS) is 18.2. The third kappa shape index (κ3) is 4.03. The van der Waals surface area contributed by atoms with Crippen LogP contribution in [0.5, 0.6) is 0 Å². The van der Waals surface area contributed by atoms with Gasteiger partial charge in [-0.15, -0.1) is 0 Å². The van der Waals surface area contributed by atoms with E-state index in [1.165, 1.54) is 4.90 Å². The number of hydrogen-bond acceptors (Lipinski definition) is 5. The van der Waals surface area contributed by atoms with Gasteiger partial charge in [0.15, 0.2) is 0 Å². The van der Waals surface area contributed by atoms with E-state index >= 15 is 0 Å². The van der Waals surface area contributed by atoms with Crippen LogP contribution in [0.3, 0.4) is 0 Å². The van der Waals surface area contributed by atoms with Crippen LogP contribution in [0.1, 0.15) is 80.0 Å². The highest BCUT2D eigenvalue weighted by atomic mass is 16.2. The molecule has 1 fully saturated rings. The molecule has 0 aliphatic carbocycles. The summed E-state index contributed by atoms with van der Waals surface area (Å²) in [4.78, 5) is 69.1. The molecule has 0 N–H and O–H groups in total. The monoisotopic (exact) mass is 473 g/mol. The number of amides is 5. The number of carbonyl (C=O) groups is 5. The second kappa shape index (κ2) is 9.44. The van der Waals surface area contributed by atoms with E-state index in [9.17, 15) is 24.0 Å². The Kier molecular flexibility index (Phi) is 6.19. The van der Waals surface area contributed by atoms with E-state index in [0.29, 0.717) is 48.2 Å². The highest BCUT2D eigenvalue weighted by Crippen LogP contribution is 2.28. The minimum atomic E-state index is -0.900. The fourth-order valence-electron chi connectivity index (χ4n) is 5.23. The van der Waals surface area contributed by atoms with Gasteiger partial charge in [-0.3, -0.25) is 33.8 Å². The number of fused-ring (bicyclic) bond motifs is 2. The van der Waals surface area contributed by atoms with Crippen LogP contribution in [0.4, 0.5) is 0 Å². The standard InChI is InChI=1S/C27H27N3O5/c31-23-18-10-2-3-11-19(18)24(32)29(23)17-9-6-14-22(27(35)28-15-7-1-8-16-28)30-25(33)20-12-4-5-13-21(20)26(30)34/h2-5,10-13,22H,1,6-9,14-17H2. The van der Waals surface area contributed by atoms with Crippen molar-refractivity contribution in [2.75, 3.05) is 19.6 Å². The van der Waals surface area contributed by atoms with Crippen molar-refractivity contribution in [2.24, 2.45) is 0 Å². The average Bonchev–Trinajstić information content (AvgIpc) is 3.29. The number of likely N-dealkylation sites (tertiary alicyclic amines) is 1. The summed E-state index contributed by atoms with van der Waals surface area (Å²) in [6, 6.07) is 12.5. The first-order valence-electron chi connectivity index (χ1n) is 12.2. The zero-order valence-electron chi connectivity index (χ0n) is 19.4. The minimum absolute atomic E-state index is 0.208. The van der Waals surface area contributed by atoms with Crippen LogP contribution in [0, 0.1) is 0 Å². The minimum Gasteiger partial charge on any atom is -0.341 e. The predicted octanol–water partition coefficient (Wildman–Crippen LogP) is 3.13. The molecule has 8 nitrogen and oxygen atoms in total. The number of hydrogen-bond donors (Lipinski definition) is 0. The molecule has 5 rings (SSSR count). The Bertz CT molecular complexity index is 1150. The molecule has 0 saturated carbocycles. The molecule has 0 spiro atoms. The number of rotatable bonds is 7. The van der Waals surface area contributed by atoms with Gasteiger partial charge in [0.05, 0.1) is 22.3 Å². The molecule has 2 aromatic carbocycles. The molecule has 180 valence electrons. The fourth-order valence-corrected chi connectivity index (χ4v) is 5.23. The summed E-state index contributed by atoms with van der Waals surface area (Å²) in [5.41, 5.74) is 1.45. The maximum atomic E-state index is 13.5. The fraction of sp³-hybridized carbons (Fsp3) is 0.370. The van der Waals surface area contributed by atoms with E-state index in [1.54, 1.807) is 53.4 Å². The summed E-state index contributed by atoms with van der Waals surface area (Å²) in [5, 5.41) is 0. The van der Waals surface area contributed by atoms with Gasteiger partial charge in [0.2, 0.25) is 5.91 Å². The molecule has 3 aliphatic heterocycles. The van der Waals surface area contributed by atoms with Crippen molar-refractivity contribution < 1.29 is 24.0 Å². The molecule has 3 heterocycles. The second-order valence-corrected chi connectivity index (χ2v) is 9.23. The van der Waals surface area contributed by atoms with Crippen LogP contribution in [-0.2, 0) is 4.79 Å². The van der Waals surface area contributed by atoms with Crippen molar-refractivity contribution in [1.82, 2.24) is 14.7 Å². The zero-order chi connectivity index (χ0) is 24.5. The van der Waals surface area contributed by atoms with E-state index in [-0.39, 0.29) is 30.7 Å². The first kappa shape index (κ1) is 23.0. The molecule has 3 aliphatic rings. The van der Waals surface area contributed by atoms with Crippen molar-refractivity contribution in [1.29, 1.82) is 0 Å². The van der Waals surface area contributed by atoms with Crippen LogP contribution >= 0.6 is 0 Å². The van der Waals surface area contributed by atoms with Gasteiger partial charge in [0.25, 0.3) is 23.6 Å². The number of benzene rings is 2. The summed E-state index contributed by atoms with van der Waals surface area (Å²) in [6.45, 7) is 1.46. The molecule has 0 radical (unpaired) electrons. The Morgan fingerprint density at radius 1 is 0.686 bits per heavy atom. The molecular weight excluding hydrogens is 446 g/mol. The van der Waals surface area contributed by atoms with Crippen LogP contribution in [-0.4, -0.2) is 69.9 Å². The molecule has 35 heavy (non-hydrogen) atoms. The Balaban J connectivity index is 1.29. The number of nitrogens with zero attached hydrogens (tertiary/aromatic N) is 3. The molecule has 1 atom stereocenters. The first-order valence-corrected chi connectivity index (χ1v) is 12.2. The number of carbonyl (C=O) groups excluding carboxylic acids is 5. The van der Waals surface area contributed by atoms with Gasteiger partial charge in [-0.25, -0.2) is 0 Å². The van der Waals surface area contributed by atoms with Crippen molar-refractivity contribution >= 4 is 29.5 Å². The summed E-state index contributed by atoms with van der Waals surface area (Å²) >= 11 is 0. The lowest BCUT2D eigenvalue weighted by Gasteiger charge is -2.33.